The van der Waals surface area contributed by atoms with Crippen LogP contribution < -0.4 is 0 Å². The van der Waals surface area contributed by atoms with Crippen molar-refractivity contribution >= 4 is 5.97 Å². The van der Waals surface area contributed by atoms with Crippen molar-refractivity contribution in [2.24, 2.45) is 0 Å². The molecule has 0 aliphatic carbocycles. The third kappa shape index (κ3) is 4.50. The van der Waals surface area contributed by atoms with Crippen molar-refractivity contribution in [3.8, 4) is 5.69 Å². The number of aromatic nitrogens is 4. The average molecular weight is 336 g/mol. The van der Waals surface area contributed by atoms with Gasteiger partial charge in [0.25, 0.3) is 0 Å². The van der Waals surface area contributed by atoms with Crippen LogP contribution in [0.5, 0.6) is 0 Å². The van der Waals surface area contributed by atoms with Crippen molar-refractivity contribution in [3.05, 3.63) is 71.3 Å². The van der Waals surface area contributed by atoms with Crippen molar-refractivity contribution in [2.75, 3.05) is 6.61 Å². The summed E-state index contributed by atoms with van der Waals surface area (Å²) in [5, 5.41) is 7.87. The highest BCUT2D eigenvalue weighted by Gasteiger charge is 2.13. The lowest BCUT2D eigenvalue weighted by Crippen LogP contribution is -2.08. The molecule has 0 atom stereocenters. The first kappa shape index (κ1) is 16.8. The van der Waals surface area contributed by atoms with E-state index in [1.807, 2.05) is 56.3 Å². The van der Waals surface area contributed by atoms with Gasteiger partial charge in [-0.2, -0.15) is 0 Å². The van der Waals surface area contributed by atoms with E-state index in [9.17, 15) is 4.79 Å². The zero-order valence-corrected chi connectivity index (χ0v) is 14.3. The van der Waals surface area contributed by atoms with Gasteiger partial charge in [0.1, 0.15) is 0 Å². The number of esters is 1. The Hall–Kier alpha value is -3.02. The van der Waals surface area contributed by atoms with Crippen molar-refractivity contribution in [1.29, 1.82) is 0 Å². The first-order valence-corrected chi connectivity index (χ1v) is 8.21. The molecule has 2 aromatic heterocycles. The Labute approximate surface area is 146 Å². The Bertz CT molecular complexity index is 856. The number of benzene rings is 1. The van der Waals surface area contributed by atoms with Gasteiger partial charge in [0.05, 0.1) is 18.5 Å². The predicted molar refractivity (Wildman–Crippen MR) is 93.7 cm³/mol. The molecule has 0 saturated heterocycles. The third-order valence-corrected chi connectivity index (χ3v) is 3.76. The van der Waals surface area contributed by atoms with Crippen LogP contribution in [0.2, 0.25) is 0 Å². The monoisotopic (exact) mass is 336 g/mol. The molecule has 3 rings (SSSR count). The van der Waals surface area contributed by atoms with E-state index in [1.54, 1.807) is 10.9 Å². The van der Waals surface area contributed by atoms with Crippen molar-refractivity contribution < 1.29 is 9.53 Å². The number of hydrogen-bond acceptors (Lipinski definition) is 5. The standard InChI is InChI=1S/C19H20N4O2/c1-14-8-10-17(11-9-14)23-13-18(21-22-23)19(24)25-12-4-7-16-6-3-5-15(2)20-16/h3,5-6,8-11,13H,4,7,12H2,1-2H3. The molecule has 2 heterocycles. The Balaban J connectivity index is 1.51. The van der Waals surface area contributed by atoms with E-state index in [1.165, 1.54) is 0 Å². The normalized spacial score (nSPS) is 10.6. The zero-order chi connectivity index (χ0) is 17.6. The van der Waals surface area contributed by atoms with Gasteiger partial charge in [-0.1, -0.05) is 29.0 Å². The Morgan fingerprint density at radius 3 is 2.68 bits per heavy atom. The lowest BCUT2D eigenvalue weighted by Gasteiger charge is -2.03. The summed E-state index contributed by atoms with van der Waals surface area (Å²) in [6.07, 6.45) is 3.06. The molecule has 0 unspecified atom stereocenters. The van der Waals surface area contributed by atoms with E-state index in [-0.39, 0.29) is 5.69 Å². The second kappa shape index (κ2) is 7.70. The van der Waals surface area contributed by atoms with Gasteiger partial charge in [-0.05, 0) is 51.0 Å². The summed E-state index contributed by atoms with van der Waals surface area (Å²) in [7, 11) is 0. The molecule has 0 fully saturated rings. The van der Waals surface area contributed by atoms with Crippen LogP contribution >= 0.6 is 0 Å². The highest BCUT2D eigenvalue weighted by Crippen LogP contribution is 2.09. The van der Waals surface area contributed by atoms with E-state index < -0.39 is 5.97 Å². The minimum Gasteiger partial charge on any atom is -0.461 e. The summed E-state index contributed by atoms with van der Waals surface area (Å²) in [6, 6.07) is 13.7. The lowest BCUT2D eigenvalue weighted by atomic mass is 10.2. The molecule has 6 nitrogen and oxygen atoms in total. The second-order valence-corrected chi connectivity index (χ2v) is 5.89. The van der Waals surface area contributed by atoms with E-state index >= 15 is 0 Å². The van der Waals surface area contributed by atoms with Gasteiger partial charge in [-0.15, -0.1) is 5.10 Å². The molecule has 25 heavy (non-hydrogen) atoms. The highest BCUT2D eigenvalue weighted by atomic mass is 16.5. The fourth-order valence-electron chi connectivity index (χ4n) is 2.41. The van der Waals surface area contributed by atoms with E-state index in [0.717, 1.165) is 29.1 Å². The van der Waals surface area contributed by atoms with E-state index in [4.69, 9.17) is 4.74 Å². The number of nitrogens with zero attached hydrogens (tertiary/aromatic N) is 4. The molecule has 0 spiro atoms. The number of ether oxygens (including phenoxy) is 1. The van der Waals surface area contributed by atoms with Crippen LogP contribution in [0, 0.1) is 13.8 Å². The molecule has 0 saturated carbocycles. The van der Waals surface area contributed by atoms with Gasteiger partial charge in [0.2, 0.25) is 0 Å². The number of carbonyl (C=O) groups excluding carboxylic acids is 1. The molecule has 128 valence electrons. The van der Waals surface area contributed by atoms with Crippen LogP contribution in [0.4, 0.5) is 0 Å². The summed E-state index contributed by atoms with van der Waals surface area (Å²) in [5.41, 5.74) is 4.20. The molecule has 6 heteroatoms. The summed E-state index contributed by atoms with van der Waals surface area (Å²) in [6.45, 7) is 4.30. The number of rotatable bonds is 6. The molecule has 0 amide bonds. The molecule has 0 aliphatic rings. The van der Waals surface area contributed by atoms with Crippen LogP contribution in [-0.4, -0.2) is 32.6 Å². The highest BCUT2D eigenvalue weighted by molar-refractivity contribution is 5.86. The fourth-order valence-corrected chi connectivity index (χ4v) is 2.41. The minimum absolute atomic E-state index is 0.203. The molecular formula is C19H20N4O2. The summed E-state index contributed by atoms with van der Waals surface area (Å²) >= 11 is 0. The number of carbonyl (C=O) groups is 1. The Kier molecular flexibility index (Phi) is 5.18. The van der Waals surface area contributed by atoms with Gasteiger partial charge in [-0.3, -0.25) is 4.98 Å². The van der Waals surface area contributed by atoms with Crippen molar-refractivity contribution in [1.82, 2.24) is 20.0 Å². The number of pyridine rings is 1. The molecule has 3 aromatic rings. The third-order valence-electron chi connectivity index (χ3n) is 3.76. The van der Waals surface area contributed by atoms with Gasteiger partial charge in [-0.25, -0.2) is 9.48 Å². The molecule has 0 aliphatic heterocycles. The smallest absolute Gasteiger partial charge is 0.360 e. The lowest BCUT2D eigenvalue weighted by molar-refractivity contribution is 0.0493. The van der Waals surface area contributed by atoms with E-state index in [2.05, 4.69) is 15.3 Å². The maximum absolute atomic E-state index is 12.1. The van der Waals surface area contributed by atoms with Crippen molar-refractivity contribution in [3.63, 3.8) is 0 Å². The van der Waals surface area contributed by atoms with Gasteiger partial charge >= 0.3 is 5.97 Å². The largest absolute Gasteiger partial charge is 0.461 e. The van der Waals surface area contributed by atoms with Crippen LogP contribution in [0.3, 0.4) is 0 Å². The van der Waals surface area contributed by atoms with E-state index in [0.29, 0.717) is 13.0 Å². The first-order valence-electron chi connectivity index (χ1n) is 8.21. The Morgan fingerprint density at radius 2 is 1.92 bits per heavy atom. The van der Waals surface area contributed by atoms with Gasteiger partial charge < -0.3 is 4.74 Å². The Morgan fingerprint density at radius 1 is 1.12 bits per heavy atom. The summed E-state index contributed by atoms with van der Waals surface area (Å²) in [4.78, 5) is 16.5. The molecule has 0 N–H and O–H groups in total. The quantitative estimate of drug-likeness (QED) is 0.511. The molecule has 0 bridgehead atoms. The topological polar surface area (TPSA) is 69.9 Å². The summed E-state index contributed by atoms with van der Waals surface area (Å²) in [5.74, 6) is -0.462. The molecular weight excluding hydrogens is 316 g/mol. The van der Waals surface area contributed by atoms with Crippen molar-refractivity contribution in [2.45, 2.75) is 26.7 Å². The number of aryl methyl sites for hydroxylation is 3. The minimum atomic E-state index is -0.462. The van der Waals surface area contributed by atoms with Gasteiger partial charge in [0.15, 0.2) is 5.69 Å². The summed E-state index contributed by atoms with van der Waals surface area (Å²) < 4.78 is 6.83. The average Bonchev–Trinajstić information content (AvgIpc) is 3.09. The fraction of sp³-hybridized carbons (Fsp3) is 0.263. The molecule has 0 radical (unpaired) electrons. The maximum atomic E-state index is 12.1. The van der Waals surface area contributed by atoms with Crippen LogP contribution in [-0.2, 0) is 11.2 Å². The zero-order valence-electron chi connectivity index (χ0n) is 14.3. The van der Waals surface area contributed by atoms with Crippen LogP contribution in [0.25, 0.3) is 5.69 Å². The maximum Gasteiger partial charge on any atom is 0.360 e. The van der Waals surface area contributed by atoms with Crippen LogP contribution in [0.1, 0.15) is 33.9 Å². The number of hydrogen-bond donors (Lipinski definition) is 0. The SMILES string of the molecule is Cc1ccc(-n2cc(C(=O)OCCCc3cccc(C)n3)nn2)cc1. The first-order chi connectivity index (χ1) is 12.1. The van der Waals surface area contributed by atoms with Crippen LogP contribution in [0.15, 0.2) is 48.7 Å². The van der Waals surface area contributed by atoms with Gasteiger partial charge in [0, 0.05) is 11.4 Å². The second-order valence-electron chi connectivity index (χ2n) is 5.89. The predicted octanol–water partition coefficient (Wildman–Crippen LogP) is 3.07. The molecule has 1 aromatic carbocycles.